The smallest absolute Gasteiger partial charge is 0.264 e. The molecule has 0 amide bonds. The molecular weight excluding hydrogens is 500 g/mol. The first-order valence-electron chi connectivity index (χ1n) is 10.5. The van der Waals surface area contributed by atoms with Gasteiger partial charge in [0.05, 0.1) is 24.4 Å². The summed E-state index contributed by atoms with van der Waals surface area (Å²) in [6.07, 6.45) is 3.01. The summed E-state index contributed by atoms with van der Waals surface area (Å²) in [5, 5.41) is 0.690. The number of hydrogen-bond acceptors (Lipinski definition) is 7. The van der Waals surface area contributed by atoms with Crippen LogP contribution in [0.3, 0.4) is 0 Å². The highest BCUT2D eigenvalue weighted by molar-refractivity contribution is 7.92. The van der Waals surface area contributed by atoms with E-state index in [9.17, 15) is 17.2 Å². The number of anilines is 2. The lowest BCUT2D eigenvalue weighted by Crippen LogP contribution is -2.36. The predicted molar refractivity (Wildman–Crippen MR) is 128 cm³/mol. The van der Waals surface area contributed by atoms with Gasteiger partial charge in [-0.25, -0.2) is 32.2 Å². The number of rotatable bonds is 5. The molecule has 180 valence electrons. The normalized spacial score (nSPS) is 14.3. The molecule has 1 N–H and O–H groups in total. The average Bonchev–Trinajstić information content (AvgIpc) is 2.85. The van der Waals surface area contributed by atoms with Gasteiger partial charge in [0, 0.05) is 36.3 Å². The fourth-order valence-electron chi connectivity index (χ4n) is 3.82. The van der Waals surface area contributed by atoms with Gasteiger partial charge in [0.15, 0.2) is 5.15 Å². The molecule has 0 spiro atoms. The van der Waals surface area contributed by atoms with Gasteiger partial charge in [-0.05, 0) is 35.9 Å². The van der Waals surface area contributed by atoms with Crippen molar-refractivity contribution in [3.63, 3.8) is 0 Å². The van der Waals surface area contributed by atoms with Crippen molar-refractivity contribution in [1.82, 2.24) is 15.0 Å². The predicted octanol–water partition coefficient (Wildman–Crippen LogP) is 4.26. The van der Waals surface area contributed by atoms with Crippen LogP contribution in [-0.2, 0) is 14.8 Å². The SMILES string of the molecule is O=S(=O)(Nc1cc(-c2ccc3ncnc(N4CCOCC4)c3c2)cnc1Cl)c1ccc(F)cc1F. The number of nitrogens with zero attached hydrogens (tertiary/aromatic N) is 4. The number of pyridine rings is 1. The maximum absolute atomic E-state index is 14.1. The molecule has 0 atom stereocenters. The lowest BCUT2D eigenvalue weighted by atomic mass is 10.0. The van der Waals surface area contributed by atoms with Crippen molar-refractivity contribution in [1.29, 1.82) is 0 Å². The number of aromatic nitrogens is 3. The molecule has 2 aromatic carbocycles. The van der Waals surface area contributed by atoms with Crippen molar-refractivity contribution < 1.29 is 21.9 Å². The first-order chi connectivity index (χ1) is 16.8. The van der Waals surface area contributed by atoms with Crippen LogP contribution in [0.25, 0.3) is 22.0 Å². The second kappa shape index (κ2) is 9.33. The molecular formula is C23H18ClF2N5O3S. The van der Waals surface area contributed by atoms with Gasteiger partial charge in [0.1, 0.15) is 28.7 Å². The van der Waals surface area contributed by atoms with Crippen LogP contribution in [-0.4, -0.2) is 49.7 Å². The summed E-state index contributed by atoms with van der Waals surface area (Å²) in [4.78, 5) is 14.3. The van der Waals surface area contributed by atoms with E-state index in [1.54, 1.807) is 0 Å². The minimum atomic E-state index is -4.39. The third-order valence-electron chi connectivity index (χ3n) is 5.53. The van der Waals surface area contributed by atoms with E-state index in [-0.39, 0.29) is 10.8 Å². The van der Waals surface area contributed by atoms with Gasteiger partial charge in [0.25, 0.3) is 10.0 Å². The lowest BCUT2D eigenvalue weighted by Gasteiger charge is -2.28. The van der Waals surface area contributed by atoms with Crippen molar-refractivity contribution in [2.75, 3.05) is 35.9 Å². The number of fused-ring (bicyclic) bond motifs is 1. The van der Waals surface area contributed by atoms with Crippen molar-refractivity contribution in [2.24, 2.45) is 0 Å². The highest BCUT2D eigenvalue weighted by atomic mass is 35.5. The number of nitrogens with one attached hydrogen (secondary N) is 1. The Morgan fingerprint density at radius 2 is 1.77 bits per heavy atom. The zero-order valence-electron chi connectivity index (χ0n) is 18.1. The summed E-state index contributed by atoms with van der Waals surface area (Å²) in [5.41, 5.74) is 1.98. The quantitative estimate of drug-likeness (QED) is 0.395. The van der Waals surface area contributed by atoms with Gasteiger partial charge >= 0.3 is 0 Å². The zero-order chi connectivity index (χ0) is 24.6. The van der Waals surface area contributed by atoms with Crippen LogP contribution in [0, 0.1) is 11.6 Å². The van der Waals surface area contributed by atoms with Crippen LogP contribution in [0.4, 0.5) is 20.3 Å². The largest absolute Gasteiger partial charge is 0.378 e. The van der Waals surface area contributed by atoms with E-state index in [4.69, 9.17) is 16.3 Å². The molecule has 12 heteroatoms. The van der Waals surface area contributed by atoms with Gasteiger partial charge < -0.3 is 9.64 Å². The second-order valence-corrected chi connectivity index (χ2v) is 9.78. The molecule has 0 bridgehead atoms. The van der Waals surface area contributed by atoms with Gasteiger partial charge in [-0.15, -0.1) is 0 Å². The molecule has 1 saturated heterocycles. The van der Waals surface area contributed by atoms with Crippen LogP contribution >= 0.6 is 11.6 Å². The van der Waals surface area contributed by atoms with E-state index in [2.05, 4.69) is 24.6 Å². The summed E-state index contributed by atoms with van der Waals surface area (Å²) < 4.78 is 60.5. The topological polar surface area (TPSA) is 97.3 Å². The molecule has 0 saturated carbocycles. The number of benzene rings is 2. The zero-order valence-corrected chi connectivity index (χ0v) is 19.7. The Hall–Kier alpha value is -3.41. The van der Waals surface area contributed by atoms with Crippen molar-refractivity contribution in [3.8, 4) is 11.1 Å². The Balaban J connectivity index is 1.52. The standard InChI is InChI=1S/C23H18ClF2N5O3S/c24-22-20(30-35(32,33)21-4-2-16(25)11-18(21)26)10-15(12-27-22)14-1-3-19-17(9-14)23(29-13-28-19)31-5-7-34-8-6-31/h1-4,9-13,30H,5-8H2. The van der Waals surface area contributed by atoms with Gasteiger partial charge in [0.2, 0.25) is 0 Å². The minimum Gasteiger partial charge on any atom is -0.378 e. The van der Waals surface area contributed by atoms with Crippen molar-refractivity contribution in [2.45, 2.75) is 4.90 Å². The molecule has 5 rings (SSSR count). The van der Waals surface area contributed by atoms with E-state index in [0.717, 1.165) is 34.4 Å². The van der Waals surface area contributed by atoms with Crippen molar-refractivity contribution in [3.05, 3.63) is 71.8 Å². The van der Waals surface area contributed by atoms with Crippen LogP contribution < -0.4 is 9.62 Å². The van der Waals surface area contributed by atoms with E-state index in [0.29, 0.717) is 37.9 Å². The van der Waals surface area contributed by atoms with E-state index in [1.807, 2.05) is 18.2 Å². The van der Waals surface area contributed by atoms with Crippen molar-refractivity contribution >= 4 is 44.0 Å². The molecule has 35 heavy (non-hydrogen) atoms. The van der Waals surface area contributed by atoms with E-state index < -0.39 is 26.6 Å². The number of hydrogen-bond donors (Lipinski definition) is 1. The monoisotopic (exact) mass is 517 g/mol. The first kappa shape index (κ1) is 23.3. The lowest BCUT2D eigenvalue weighted by molar-refractivity contribution is 0.122. The van der Waals surface area contributed by atoms with Gasteiger partial charge in [-0.3, -0.25) is 4.72 Å². The van der Waals surface area contributed by atoms with Crippen LogP contribution in [0.2, 0.25) is 5.15 Å². The molecule has 1 aliphatic heterocycles. The third kappa shape index (κ3) is 4.75. The Kier molecular flexibility index (Phi) is 6.22. The summed E-state index contributed by atoms with van der Waals surface area (Å²) in [6, 6.07) is 9.24. The second-order valence-electron chi connectivity index (χ2n) is 7.77. The molecule has 8 nitrogen and oxygen atoms in total. The number of halogens is 3. The molecule has 2 aromatic heterocycles. The Labute approximate surface area is 204 Å². The minimum absolute atomic E-state index is 0.0503. The maximum atomic E-state index is 14.1. The summed E-state index contributed by atoms with van der Waals surface area (Å²) >= 11 is 6.13. The molecule has 0 aliphatic carbocycles. The molecule has 3 heterocycles. The van der Waals surface area contributed by atoms with Crippen LogP contribution in [0.15, 0.2) is 59.9 Å². The molecule has 4 aromatic rings. The van der Waals surface area contributed by atoms with E-state index >= 15 is 0 Å². The fourth-order valence-corrected chi connectivity index (χ4v) is 5.14. The Morgan fingerprint density at radius 1 is 0.971 bits per heavy atom. The molecule has 1 fully saturated rings. The van der Waals surface area contributed by atoms with Gasteiger partial charge in [-0.2, -0.15) is 0 Å². The number of ether oxygens (including phenoxy) is 1. The van der Waals surface area contributed by atoms with E-state index in [1.165, 1.54) is 18.6 Å². The summed E-state index contributed by atoms with van der Waals surface area (Å²) in [6.45, 7) is 2.60. The summed E-state index contributed by atoms with van der Waals surface area (Å²) in [5.74, 6) is -1.34. The highest BCUT2D eigenvalue weighted by Crippen LogP contribution is 2.32. The third-order valence-corrected chi connectivity index (χ3v) is 7.23. The fraction of sp³-hybridized carbons (Fsp3) is 0.174. The number of morpholine rings is 1. The Morgan fingerprint density at radius 3 is 2.54 bits per heavy atom. The number of sulfonamides is 1. The highest BCUT2D eigenvalue weighted by Gasteiger charge is 2.22. The maximum Gasteiger partial charge on any atom is 0.264 e. The molecule has 0 radical (unpaired) electrons. The first-order valence-corrected chi connectivity index (χ1v) is 12.4. The van der Waals surface area contributed by atoms with Crippen LogP contribution in [0.1, 0.15) is 0 Å². The van der Waals surface area contributed by atoms with Gasteiger partial charge in [-0.1, -0.05) is 17.7 Å². The Bertz CT molecular complexity index is 1530. The molecule has 0 unspecified atom stereocenters. The average molecular weight is 518 g/mol. The summed E-state index contributed by atoms with van der Waals surface area (Å²) in [7, 11) is -4.39. The van der Waals surface area contributed by atoms with Crippen LogP contribution in [0.5, 0.6) is 0 Å². The molecule has 1 aliphatic rings.